The standard InChI is InChI=1S/C17H12FN3/c18-15-5-6-17(13(7-15)8-19)21-11-14-10-20-9-12-3-1-2-4-16(12)14/h1-7,9-10,21H,11H2. The number of rotatable bonds is 3. The maximum absolute atomic E-state index is 13.1. The number of nitrogens with zero attached hydrogens (tertiary/aromatic N) is 2. The van der Waals surface area contributed by atoms with Gasteiger partial charge in [0.25, 0.3) is 0 Å². The summed E-state index contributed by atoms with van der Waals surface area (Å²) in [5.41, 5.74) is 1.94. The molecule has 0 aliphatic rings. The van der Waals surface area contributed by atoms with Crippen LogP contribution in [0.5, 0.6) is 0 Å². The summed E-state index contributed by atoms with van der Waals surface area (Å²) in [6.45, 7) is 0.522. The summed E-state index contributed by atoms with van der Waals surface area (Å²) >= 11 is 0. The highest BCUT2D eigenvalue weighted by Crippen LogP contribution is 2.20. The van der Waals surface area contributed by atoms with Gasteiger partial charge in [-0.25, -0.2) is 4.39 Å². The van der Waals surface area contributed by atoms with Crippen molar-refractivity contribution in [3.05, 3.63) is 71.8 Å². The number of hydrogen-bond donors (Lipinski definition) is 1. The maximum Gasteiger partial charge on any atom is 0.124 e. The van der Waals surface area contributed by atoms with Gasteiger partial charge in [0.2, 0.25) is 0 Å². The highest BCUT2D eigenvalue weighted by atomic mass is 19.1. The van der Waals surface area contributed by atoms with Crippen LogP contribution >= 0.6 is 0 Å². The Kier molecular flexibility index (Phi) is 3.48. The lowest BCUT2D eigenvalue weighted by Crippen LogP contribution is -2.02. The second kappa shape index (κ2) is 5.59. The molecule has 0 fully saturated rings. The molecule has 0 saturated carbocycles. The van der Waals surface area contributed by atoms with E-state index in [1.54, 1.807) is 12.3 Å². The third-order valence-corrected chi connectivity index (χ3v) is 3.32. The zero-order valence-electron chi connectivity index (χ0n) is 11.2. The van der Waals surface area contributed by atoms with Crippen LogP contribution in [0.1, 0.15) is 11.1 Å². The van der Waals surface area contributed by atoms with Crippen LogP contribution in [0, 0.1) is 17.1 Å². The first kappa shape index (κ1) is 13.1. The SMILES string of the molecule is N#Cc1cc(F)ccc1NCc1cncc2ccccc12. The van der Waals surface area contributed by atoms with Gasteiger partial charge in [0.15, 0.2) is 0 Å². The Bertz CT molecular complexity index is 832. The quantitative estimate of drug-likeness (QED) is 0.791. The molecule has 0 atom stereocenters. The average Bonchev–Trinajstić information content (AvgIpc) is 2.53. The third kappa shape index (κ3) is 2.67. The van der Waals surface area contributed by atoms with Gasteiger partial charge in [0.05, 0.1) is 11.3 Å². The molecule has 0 bridgehead atoms. The maximum atomic E-state index is 13.1. The molecule has 3 aromatic rings. The Labute approximate surface area is 121 Å². The highest BCUT2D eigenvalue weighted by Gasteiger charge is 2.05. The molecule has 3 rings (SSSR count). The van der Waals surface area contributed by atoms with Gasteiger partial charge in [-0.05, 0) is 29.1 Å². The molecule has 1 N–H and O–H groups in total. The smallest absolute Gasteiger partial charge is 0.124 e. The molecule has 0 aliphatic heterocycles. The molecule has 0 unspecified atom stereocenters. The van der Waals surface area contributed by atoms with E-state index in [1.165, 1.54) is 12.1 Å². The highest BCUT2D eigenvalue weighted by molar-refractivity contribution is 5.84. The van der Waals surface area contributed by atoms with Gasteiger partial charge >= 0.3 is 0 Å². The normalized spacial score (nSPS) is 10.3. The third-order valence-electron chi connectivity index (χ3n) is 3.32. The van der Waals surface area contributed by atoms with E-state index in [4.69, 9.17) is 5.26 Å². The van der Waals surface area contributed by atoms with E-state index in [9.17, 15) is 4.39 Å². The minimum Gasteiger partial charge on any atom is -0.380 e. The molecule has 0 amide bonds. The van der Waals surface area contributed by atoms with Crippen LogP contribution in [-0.2, 0) is 6.54 Å². The van der Waals surface area contributed by atoms with Crippen LogP contribution in [-0.4, -0.2) is 4.98 Å². The van der Waals surface area contributed by atoms with Crippen molar-refractivity contribution in [3.8, 4) is 6.07 Å². The Hall–Kier alpha value is -2.93. The summed E-state index contributed by atoms with van der Waals surface area (Å²) in [6, 6.07) is 14.1. The summed E-state index contributed by atoms with van der Waals surface area (Å²) in [7, 11) is 0. The minimum absolute atomic E-state index is 0.295. The number of hydrogen-bond acceptors (Lipinski definition) is 3. The average molecular weight is 277 g/mol. The fraction of sp³-hybridized carbons (Fsp3) is 0.0588. The van der Waals surface area contributed by atoms with Gasteiger partial charge in [0.1, 0.15) is 11.9 Å². The van der Waals surface area contributed by atoms with Crippen molar-refractivity contribution in [2.75, 3.05) is 5.32 Å². The van der Waals surface area contributed by atoms with Gasteiger partial charge in [0, 0.05) is 24.3 Å². The summed E-state index contributed by atoms with van der Waals surface area (Å²) in [5, 5.41) is 14.4. The zero-order chi connectivity index (χ0) is 14.7. The first-order valence-electron chi connectivity index (χ1n) is 6.53. The Balaban J connectivity index is 1.89. The van der Waals surface area contributed by atoms with E-state index < -0.39 is 5.82 Å². The molecule has 4 heteroatoms. The zero-order valence-corrected chi connectivity index (χ0v) is 11.2. The molecule has 1 heterocycles. The van der Waals surface area contributed by atoms with Crippen LogP contribution < -0.4 is 5.32 Å². The molecule has 3 nitrogen and oxygen atoms in total. The number of fused-ring (bicyclic) bond motifs is 1. The lowest BCUT2D eigenvalue weighted by atomic mass is 10.1. The topological polar surface area (TPSA) is 48.7 Å². The lowest BCUT2D eigenvalue weighted by molar-refractivity contribution is 0.627. The van der Waals surface area contributed by atoms with Gasteiger partial charge in [-0.2, -0.15) is 5.26 Å². The van der Waals surface area contributed by atoms with E-state index in [0.717, 1.165) is 16.3 Å². The fourth-order valence-electron chi connectivity index (χ4n) is 2.27. The molecule has 2 aromatic carbocycles. The Morgan fingerprint density at radius 1 is 1.14 bits per heavy atom. The fourth-order valence-corrected chi connectivity index (χ4v) is 2.27. The molecular formula is C17H12FN3. The van der Waals surface area contributed by atoms with Crippen molar-refractivity contribution < 1.29 is 4.39 Å². The minimum atomic E-state index is -0.413. The predicted octanol–water partition coefficient (Wildman–Crippen LogP) is 3.86. The second-order valence-corrected chi connectivity index (χ2v) is 4.68. The summed E-state index contributed by atoms with van der Waals surface area (Å²) in [4.78, 5) is 4.22. The molecule has 0 saturated heterocycles. The number of benzene rings is 2. The molecule has 0 radical (unpaired) electrons. The summed E-state index contributed by atoms with van der Waals surface area (Å²) < 4.78 is 13.1. The molecule has 102 valence electrons. The number of pyridine rings is 1. The van der Waals surface area contributed by atoms with Crippen molar-refractivity contribution in [2.45, 2.75) is 6.54 Å². The van der Waals surface area contributed by atoms with Crippen molar-refractivity contribution in [1.82, 2.24) is 4.98 Å². The van der Waals surface area contributed by atoms with Crippen LogP contribution in [0.25, 0.3) is 10.8 Å². The number of nitrogens with one attached hydrogen (secondary N) is 1. The number of halogens is 1. The predicted molar refractivity (Wildman–Crippen MR) is 80.2 cm³/mol. The number of aromatic nitrogens is 1. The van der Waals surface area contributed by atoms with Crippen molar-refractivity contribution in [3.63, 3.8) is 0 Å². The van der Waals surface area contributed by atoms with E-state index in [1.807, 2.05) is 36.5 Å². The van der Waals surface area contributed by atoms with Gasteiger partial charge < -0.3 is 5.32 Å². The number of nitriles is 1. The van der Waals surface area contributed by atoms with Crippen molar-refractivity contribution >= 4 is 16.5 Å². The molecule has 21 heavy (non-hydrogen) atoms. The first-order chi connectivity index (χ1) is 10.3. The first-order valence-corrected chi connectivity index (χ1v) is 6.53. The summed E-state index contributed by atoms with van der Waals surface area (Å²) in [5.74, 6) is -0.413. The van der Waals surface area contributed by atoms with E-state index in [0.29, 0.717) is 17.8 Å². The Morgan fingerprint density at radius 3 is 2.86 bits per heavy atom. The van der Waals surface area contributed by atoms with E-state index >= 15 is 0 Å². The molecule has 0 spiro atoms. The van der Waals surface area contributed by atoms with Gasteiger partial charge in [-0.15, -0.1) is 0 Å². The van der Waals surface area contributed by atoms with Crippen molar-refractivity contribution in [1.29, 1.82) is 5.26 Å². The molecule has 0 aliphatic carbocycles. The largest absolute Gasteiger partial charge is 0.380 e. The van der Waals surface area contributed by atoms with Crippen LogP contribution in [0.4, 0.5) is 10.1 Å². The van der Waals surface area contributed by atoms with Crippen LogP contribution in [0.2, 0.25) is 0 Å². The summed E-state index contributed by atoms with van der Waals surface area (Å²) in [6.07, 6.45) is 3.61. The van der Waals surface area contributed by atoms with Gasteiger partial charge in [-0.1, -0.05) is 24.3 Å². The lowest BCUT2D eigenvalue weighted by Gasteiger charge is -2.10. The second-order valence-electron chi connectivity index (χ2n) is 4.68. The Morgan fingerprint density at radius 2 is 2.00 bits per heavy atom. The van der Waals surface area contributed by atoms with Crippen LogP contribution in [0.15, 0.2) is 54.9 Å². The molecular weight excluding hydrogens is 265 g/mol. The number of anilines is 1. The van der Waals surface area contributed by atoms with Crippen LogP contribution in [0.3, 0.4) is 0 Å². The monoisotopic (exact) mass is 277 g/mol. The van der Waals surface area contributed by atoms with Gasteiger partial charge in [-0.3, -0.25) is 4.98 Å². The van der Waals surface area contributed by atoms with E-state index in [2.05, 4.69) is 10.3 Å². The van der Waals surface area contributed by atoms with Crippen molar-refractivity contribution in [2.24, 2.45) is 0 Å². The van der Waals surface area contributed by atoms with E-state index in [-0.39, 0.29) is 0 Å². The molecule has 1 aromatic heterocycles.